The summed E-state index contributed by atoms with van der Waals surface area (Å²) in [6, 6.07) is 0. The van der Waals surface area contributed by atoms with Crippen LogP contribution >= 0.6 is 0 Å². The molecule has 0 radical (unpaired) electrons. The van der Waals surface area contributed by atoms with E-state index in [0.717, 1.165) is 26.4 Å². The van der Waals surface area contributed by atoms with Crippen molar-refractivity contribution < 1.29 is 38.4 Å². The molecule has 8 nitrogen and oxygen atoms in total. The summed E-state index contributed by atoms with van der Waals surface area (Å²) in [5, 5.41) is 10.8. The van der Waals surface area contributed by atoms with Crippen molar-refractivity contribution in [3.8, 4) is 0 Å². The Bertz CT molecular complexity index is 501. The Morgan fingerprint density at radius 1 is 1.16 bits per heavy atom. The van der Waals surface area contributed by atoms with Crippen molar-refractivity contribution in [2.75, 3.05) is 28.1 Å². The van der Waals surface area contributed by atoms with Gasteiger partial charge < -0.3 is 28.8 Å². The smallest absolute Gasteiger partial charge is 0.374 e. The van der Waals surface area contributed by atoms with E-state index in [-0.39, 0.29) is 18.1 Å². The van der Waals surface area contributed by atoms with Crippen LogP contribution in [0.25, 0.3) is 0 Å². The molecule has 0 unspecified atom stereocenters. The van der Waals surface area contributed by atoms with Crippen LogP contribution < -0.4 is 0 Å². The van der Waals surface area contributed by atoms with E-state index in [1.54, 1.807) is 6.92 Å². The van der Waals surface area contributed by atoms with Gasteiger partial charge in [0.1, 0.15) is 30.2 Å². The lowest BCUT2D eigenvalue weighted by atomic mass is 9.82. The summed E-state index contributed by atoms with van der Waals surface area (Å²) in [6.07, 6.45) is 1.19. The highest BCUT2D eigenvalue weighted by Gasteiger charge is 2.53. The van der Waals surface area contributed by atoms with Crippen LogP contribution in [0.15, 0.2) is 11.3 Å². The number of hydrogen-bond acceptors (Lipinski definition) is 8. The van der Waals surface area contributed by atoms with E-state index in [2.05, 4.69) is 16.4 Å². The normalized spacial score (nSPS) is 26.2. The number of ether oxygens (including phenoxy) is 5. The standard InChI is InChI=1S/C17H28O8/c1-6-7-8-9-11-17(2,24-10-21-3)14(18)12(15(19)22-4)13(25-11)16(20)23-5/h11,14,18H,6-10H2,1-5H3/t11-,14-,17+/m1/s1. The molecule has 0 fully saturated rings. The van der Waals surface area contributed by atoms with E-state index in [4.69, 9.17) is 14.2 Å². The molecule has 0 aromatic rings. The first-order chi connectivity index (χ1) is 11.9. The molecule has 25 heavy (non-hydrogen) atoms. The molecule has 1 aliphatic heterocycles. The quantitative estimate of drug-likeness (QED) is 0.373. The highest BCUT2D eigenvalue weighted by molar-refractivity contribution is 6.00. The molecule has 0 bridgehead atoms. The first-order valence-electron chi connectivity index (χ1n) is 8.25. The lowest BCUT2D eigenvalue weighted by Gasteiger charge is -2.44. The SMILES string of the molecule is CCCCC[C@H]1OC(C(=O)OC)=C(C(=O)OC)[C@@H](O)[C@@]1(C)OCOC. The van der Waals surface area contributed by atoms with Gasteiger partial charge in [-0.3, -0.25) is 0 Å². The minimum atomic E-state index is -1.44. The summed E-state index contributed by atoms with van der Waals surface area (Å²) in [7, 11) is 3.77. The second-order valence-electron chi connectivity index (χ2n) is 5.97. The van der Waals surface area contributed by atoms with E-state index in [0.29, 0.717) is 6.42 Å². The Hall–Kier alpha value is -1.64. The maximum atomic E-state index is 12.1. The number of hydrogen-bond donors (Lipinski definition) is 1. The maximum absolute atomic E-state index is 12.1. The number of aliphatic hydroxyl groups is 1. The fourth-order valence-electron chi connectivity index (χ4n) is 2.76. The number of esters is 2. The topological polar surface area (TPSA) is 101 Å². The van der Waals surface area contributed by atoms with Gasteiger partial charge in [0.05, 0.1) is 14.2 Å². The second kappa shape index (κ2) is 9.74. The molecule has 0 spiro atoms. The van der Waals surface area contributed by atoms with Crippen LogP contribution in [0.1, 0.15) is 39.5 Å². The van der Waals surface area contributed by atoms with Gasteiger partial charge in [-0.25, -0.2) is 9.59 Å². The molecule has 3 atom stereocenters. The van der Waals surface area contributed by atoms with E-state index in [1.807, 2.05) is 0 Å². The predicted molar refractivity (Wildman–Crippen MR) is 87.4 cm³/mol. The van der Waals surface area contributed by atoms with Crippen molar-refractivity contribution in [1.82, 2.24) is 0 Å². The molecule has 0 saturated heterocycles. The van der Waals surface area contributed by atoms with E-state index >= 15 is 0 Å². The molecule has 0 aromatic carbocycles. The van der Waals surface area contributed by atoms with Gasteiger partial charge in [-0.2, -0.15) is 0 Å². The number of unbranched alkanes of at least 4 members (excludes halogenated alkanes) is 2. The van der Waals surface area contributed by atoms with Crippen LogP contribution in [0.4, 0.5) is 0 Å². The molecule has 1 N–H and O–H groups in total. The number of rotatable bonds is 9. The van der Waals surface area contributed by atoms with Gasteiger partial charge in [-0.15, -0.1) is 0 Å². The third kappa shape index (κ3) is 4.71. The first-order valence-corrected chi connectivity index (χ1v) is 8.25. The minimum absolute atomic E-state index is 0.108. The third-order valence-corrected chi connectivity index (χ3v) is 4.29. The number of carbonyl (C=O) groups excluding carboxylic acids is 2. The molecule has 0 amide bonds. The number of carbonyl (C=O) groups is 2. The number of aliphatic hydroxyl groups excluding tert-OH is 1. The van der Waals surface area contributed by atoms with Crippen molar-refractivity contribution in [1.29, 1.82) is 0 Å². The maximum Gasteiger partial charge on any atom is 0.374 e. The van der Waals surface area contributed by atoms with Gasteiger partial charge in [0.15, 0.2) is 0 Å². The van der Waals surface area contributed by atoms with Crippen molar-refractivity contribution >= 4 is 11.9 Å². The van der Waals surface area contributed by atoms with Crippen LogP contribution in [0, 0.1) is 0 Å². The Balaban J connectivity index is 3.31. The molecule has 8 heteroatoms. The van der Waals surface area contributed by atoms with Crippen LogP contribution in [0.2, 0.25) is 0 Å². The van der Waals surface area contributed by atoms with E-state index in [9.17, 15) is 14.7 Å². The Morgan fingerprint density at radius 3 is 2.32 bits per heavy atom. The zero-order valence-electron chi connectivity index (χ0n) is 15.5. The summed E-state index contributed by atoms with van der Waals surface area (Å²) in [5.41, 5.74) is -1.61. The molecule has 1 heterocycles. The molecular weight excluding hydrogens is 332 g/mol. The summed E-state index contributed by atoms with van der Waals surface area (Å²) in [4.78, 5) is 24.2. The Kier molecular flexibility index (Phi) is 8.34. The first kappa shape index (κ1) is 21.4. The van der Waals surface area contributed by atoms with Gasteiger partial charge in [-0.1, -0.05) is 19.8 Å². The van der Waals surface area contributed by atoms with Crippen LogP contribution in [0.3, 0.4) is 0 Å². The molecular formula is C17H28O8. The second-order valence-corrected chi connectivity index (χ2v) is 5.97. The Morgan fingerprint density at radius 2 is 1.80 bits per heavy atom. The van der Waals surface area contributed by atoms with E-state index < -0.39 is 29.7 Å². The fraction of sp³-hybridized carbons (Fsp3) is 0.765. The van der Waals surface area contributed by atoms with Gasteiger partial charge in [0.2, 0.25) is 5.76 Å². The lowest BCUT2D eigenvalue weighted by molar-refractivity contribution is -0.222. The largest absolute Gasteiger partial charge is 0.480 e. The van der Waals surface area contributed by atoms with Gasteiger partial charge >= 0.3 is 11.9 Å². The fourth-order valence-corrected chi connectivity index (χ4v) is 2.76. The van der Waals surface area contributed by atoms with Gasteiger partial charge in [-0.05, 0) is 19.8 Å². The third-order valence-electron chi connectivity index (χ3n) is 4.29. The average molecular weight is 360 g/mol. The van der Waals surface area contributed by atoms with Crippen molar-refractivity contribution in [3.05, 3.63) is 11.3 Å². The Labute approximate surface area is 148 Å². The summed E-state index contributed by atoms with van der Waals surface area (Å²) in [6.45, 7) is 3.57. The monoisotopic (exact) mass is 360 g/mol. The molecule has 1 aliphatic rings. The predicted octanol–water partition coefficient (Wildman–Crippen LogP) is 1.31. The zero-order chi connectivity index (χ0) is 19.0. The van der Waals surface area contributed by atoms with Gasteiger partial charge in [0.25, 0.3) is 0 Å². The van der Waals surface area contributed by atoms with Crippen molar-refractivity contribution in [2.45, 2.75) is 57.3 Å². The van der Waals surface area contributed by atoms with Crippen LogP contribution in [-0.2, 0) is 33.3 Å². The van der Waals surface area contributed by atoms with Crippen molar-refractivity contribution in [2.24, 2.45) is 0 Å². The highest BCUT2D eigenvalue weighted by Crippen LogP contribution is 2.38. The molecule has 1 rings (SSSR count). The summed E-state index contributed by atoms with van der Waals surface area (Å²) in [5.74, 6) is -2.08. The van der Waals surface area contributed by atoms with Gasteiger partial charge in [0, 0.05) is 7.11 Å². The van der Waals surface area contributed by atoms with Crippen molar-refractivity contribution in [3.63, 3.8) is 0 Å². The molecule has 0 saturated carbocycles. The average Bonchev–Trinajstić information content (AvgIpc) is 2.62. The minimum Gasteiger partial charge on any atom is -0.480 e. The number of methoxy groups -OCH3 is 3. The molecule has 0 aromatic heterocycles. The van der Waals surface area contributed by atoms with E-state index in [1.165, 1.54) is 14.2 Å². The summed E-state index contributed by atoms with van der Waals surface area (Å²) >= 11 is 0. The summed E-state index contributed by atoms with van der Waals surface area (Å²) < 4.78 is 25.7. The highest BCUT2D eigenvalue weighted by atomic mass is 16.7. The molecule has 0 aliphatic carbocycles. The lowest BCUT2D eigenvalue weighted by Crippen LogP contribution is -2.58. The van der Waals surface area contributed by atoms with Crippen LogP contribution in [-0.4, -0.2) is 63.0 Å². The molecule has 144 valence electrons. The zero-order valence-corrected chi connectivity index (χ0v) is 15.5. The van der Waals surface area contributed by atoms with Crippen LogP contribution in [0.5, 0.6) is 0 Å².